The Labute approximate surface area is 172 Å². The molecule has 1 heterocycles. The Hall–Kier alpha value is -2.54. The molecule has 29 heavy (non-hydrogen) atoms. The van der Waals surface area contributed by atoms with Crippen LogP contribution >= 0.6 is 0 Å². The summed E-state index contributed by atoms with van der Waals surface area (Å²) in [5, 5.41) is 2.81. The summed E-state index contributed by atoms with van der Waals surface area (Å²) in [7, 11) is 0. The lowest BCUT2D eigenvalue weighted by Crippen LogP contribution is -2.44. The van der Waals surface area contributed by atoms with E-state index >= 15 is 0 Å². The van der Waals surface area contributed by atoms with Crippen molar-refractivity contribution in [3.8, 4) is 11.1 Å². The minimum atomic E-state index is 0.226. The maximum absolute atomic E-state index is 3.68. The Kier molecular flexibility index (Phi) is 3.11. The Bertz CT molecular complexity index is 1280. The third kappa shape index (κ3) is 1.96. The van der Waals surface area contributed by atoms with Gasteiger partial charge in [-0.3, -0.25) is 0 Å². The predicted molar refractivity (Wildman–Crippen MR) is 121 cm³/mol. The molecule has 0 aliphatic heterocycles. The van der Waals surface area contributed by atoms with Crippen molar-refractivity contribution in [3.05, 3.63) is 71.8 Å². The number of para-hydroxylation sites is 1. The molecular weight excluding hydrogens is 350 g/mol. The summed E-state index contributed by atoms with van der Waals surface area (Å²) in [5.74, 6) is 2.60. The number of fused-ring (bicyclic) bond motifs is 12. The van der Waals surface area contributed by atoms with Crippen LogP contribution < -0.4 is 0 Å². The zero-order valence-corrected chi connectivity index (χ0v) is 17.0. The average molecular weight is 378 g/mol. The first-order chi connectivity index (χ1) is 14.3. The SMILES string of the molecule is CC1CC2CCC3(c4ccccc4-c4c3ccc3[nH]c5ccccc5c43)C(C1)C2. The molecule has 3 aromatic carbocycles. The minimum Gasteiger partial charge on any atom is -0.354 e. The van der Waals surface area contributed by atoms with Crippen molar-refractivity contribution >= 4 is 21.8 Å². The molecule has 0 radical (unpaired) electrons. The van der Waals surface area contributed by atoms with Gasteiger partial charge in [0.25, 0.3) is 0 Å². The highest BCUT2D eigenvalue weighted by Gasteiger charge is 2.53. The summed E-state index contributed by atoms with van der Waals surface area (Å²) in [4.78, 5) is 3.68. The average Bonchev–Trinajstić information content (AvgIpc) is 3.25. The standard InChI is InChI=1S/C28H27N/c1-17-14-18-12-13-28(19(15-17)16-18)22-8-4-2-6-20(22)26-23(28)10-11-25-27(26)21-7-3-5-9-24(21)29-25/h2-11,17-19,29H,12-16H2,1H3. The van der Waals surface area contributed by atoms with Gasteiger partial charge in [0.1, 0.15) is 0 Å². The Morgan fingerprint density at radius 3 is 2.66 bits per heavy atom. The molecule has 144 valence electrons. The van der Waals surface area contributed by atoms with Crippen LogP contribution in [0.15, 0.2) is 60.7 Å². The molecule has 1 aromatic heterocycles. The van der Waals surface area contributed by atoms with Crippen LogP contribution in [0.25, 0.3) is 32.9 Å². The van der Waals surface area contributed by atoms with Crippen molar-refractivity contribution in [3.63, 3.8) is 0 Å². The lowest BCUT2D eigenvalue weighted by Gasteiger charge is -2.50. The first-order valence-electron chi connectivity index (χ1n) is 11.4. The number of nitrogens with one attached hydrogen (secondary N) is 1. The fourth-order valence-corrected chi connectivity index (χ4v) is 7.56. The highest BCUT2D eigenvalue weighted by atomic mass is 14.7. The molecule has 4 unspecified atom stereocenters. The molecule has 2 bridgehead atoms. The van der Waals surface area contributed by atoms with Gasteiger partial charge in [0.05, 0.1) is 0 Å². The van der Waals surface area contributed by atoms with Crippen LogP contribution in [0, 0.1) is 17.8 Å². The third-order valence-electron chi connectivity index (χ3n) is 8.51. The van der Waals surface area contributed by atoms with Crippen LogP contribution in [-0.2, 0) is 5.41 Å². The second kappa shape index (κ2) is 5.53. The second-order valence-electron chi connectivity index (χ2n) is 10.0. The van der Waals surface area contributed by atoms with Gasteiger partial charge in [-0.25, -0.2) is 0 Å². The van der Waals surface area contributed by atoms with Gasteiger partial charge < -0.3 is 4.98 Å². The summed E-state index contributed by atoms with van der Waals surface area (Å²) in [6, 6.07) is 23.0. The number of benzene rings is 3. The molecule has 1 N–H and O–H groups in total. The van der Waals surface area contributed by atoms with E-state index < -0.39 is 0 Å². The summed E-state index contributed by atoms with van der Waals surface area (Å²) >= 11 is 0. The summed E-state index contributed by atoms with van der Waals surface area (Å²) in [5.41, 5.74) is 9.01. The fraction of sp³-hybridized carbons (Fsp3) is 0.357. The number of rotatable bonds is 0. The summed E-state index contributed by atoms with van der Waals surface area (Å²) < 4.78 is 0. The zero-order chi connectivity index (χ0) is 19.2. The maximum atomic E-state index is 3.68. The quantitative estimate of drug-likeness (QED) is 0.328. The van der Waals surface area contributed by atoms with E-state index in [1.807, 2.05) is 0 Å². The van der Waals surface area contributed by atoms with E-state index in [2.05, 4.69) is 72.6 Å². The molecule has 1 heteroatoms. The first-order valence-corrected chi connectivity index (χ1v) is 11.4. The molecule has 3 aliphatic carbocycles. The smallest absolute Gasteiger partial charge is 0.0471 e. The topological polar surface area (TPSA) is 15.8 Å². The van der Waals surface area contributed by atoms with Crippen LogP contribution in [0.4, 0.5) is 0 Å². The molecular formula is C28H27N. The number of hydrogen-bond acceptors (Lipinski definition) is 0. The number of hydrogen-bond donors (Lipinski definition) is 1. The van der Waals surface area contributed by atoms with Crippen LogP contribution in [0.2, 0.25) is 0 Å². The molecule has 1 nitrogen and oxygen atoms in total. The fourth-order valence-electron chi connectivity index (χ4n) is 7.56. The minimum absolute atomic E-state index is 0.226. The Morgan fingerprint density at radius 1 is 0.828 bits per heavy atom. The third-order valence-corrected chi connectivity index (χ3v) is 8.51. The molecule has 7 rings (SSSR count). The second-order valence-corrected chi connectivity index (χ2v) is 10.0. The van der Waals surface area contributed by atoms with Crippen molar-refractivity contribution in [1.29, 1.82) is 0 Å². The van der Waals surface area contributed by atoms with Crippen molar-refractivity contribution in [2.45, 2.75) is 44.4 Å². The van der Waals surface area contributed by atoms with Gasteiger partial charge in [0.15, 0.2) is 0 Å². The molecule has 4 aromatic rings. The Morgan fingerprint density at radius 2 is 1.69 bits per heavy atom. The first kappa shape index (κ1) is 16.3. The van der Waals surface area contributed by atoms with E-state index in [4.69, 9.17) is 0 Å². The normalized spacial score (nSPS) is 30.0. The molecule has 0 amide bonds. The molecule has 4 atom stereocenters. The molecule has 0 saturated heterocycles. The van der Waals surface area contributed by atoms with Gasteiger partial charge in [-0.05, 0) is 84.2 Å². The summed E-state index contributed by atoms with van der Waals surface area (Å²) in [6.07, 6.45) is 6.97. The predicted octanol–water partition coefficient (Wildman–Crippen LogP) is 7.43. The van der Waals surface area contributed by atoms with Crippen molar-refractivity contribution in [2.24, 2.45) is 17.8 Å². The van der Waals surface area contributed by atoms with Crippen molar-refractivity contribution in [2.75, 3.05) is 0 Å². The summed E-state index contributed by atoms with van der Waals surface area (Å²) in [6.45, 7) is 2.49. The van der Waals surface area contributed by atoms with Gasteiger partial charge >= 0.3 is 0 Å². The van der Waals surface area contributed by atoms with Crippen LogP contribution in [-0.4, -0.2) is 4.98 Å². The van der Waals surface area contributed by atoms with Gasteiger partial charge in [0, 0.05) is 27.2 Å². The monoisotopic (exact) mass is 377 g/mol. The van der Waals surface area contributed by atoms with E-state index in [9.17, 15) is 0 Å². The van der Waals surface area contributed by atoms with Gasteiger partial charge in [-0.1, -0.05) is 55.5 Å². The number of aromatic amines is 1. The van der Waals surface area contributed by atoms with Gasteiger partial charge in [-0.15, -0.1) is 0 Å². The van der Waals surface area contributed by atoms with Crippen LogP contribution in [0.5, 0.6) is 0 Å². The lowest BCUT2D eigenvalue weighted by molar-refractivity contribution is 0.0856. The van der Waals surface area contributed by atoms with Gasteiger partial charge in [-0.2, -0.15) is 0 Å². The highest BCUT2D eigenvalue weighted by Crippen LogP contribution is 2.63. The van der Waals surface area contributed by atoms with E-state index in [0.29, 0.717) is 0 Å². The van der Waals surface area contributed by atoms with E-state index in [1.54, 1.807) is 11.1 Å². The number of aromatic nitrogens is 1. The maximum Gasteiger partial charge on any atom is 0.0471 e. The molecule has 3 aliphatic rings. The van der Waals surface area contributed by atoms with E-state index in [1.165, 1.54) is 65.0 Å². The van der Waals surface area contributed by atoms with Crippen molar-refractivity contribution < 1.29 is 0 Å². The van der Waals surface area contributed by atoms with Gasteiger partial charge in [0.2, 0.25) is 0 Å². The lowest BCUT2D eigenvalue weighted by atomic mass is 9.53. The zero-order valence-electron chi connectivity index (χ0n) is 17.0. The molecule has 1 spiro atoms. The van der Waals surface area contributed by atoms with Crippen molar-refractivity contribution in [1.82, 2.24) is 4.98 Å². The van der Waals surface area contributed by atoms with Crippen LogP contribution in [0.1, 0.15) is 50.2 Å². The van der Waals surface area contributed by atoms with E-state index in [0.717, 1.165) is 17.8 Å². The largest absolute Gasteiger partial charge is 0.354 e. The Balaban J connectivity index is 1.60. The van der Waals surface area contributed by atoms with E-state index in [-0.39, 0.29) is 5.41 Å². The highest BCUT2D eigenvalue weighted by molar-refractivity contribution is 6.16. The van der Waals surface area contributed by atoms with Crippen LogP contribution in [0.3, 0.4) is 0 Å². The number of H-pyrrole nitrogens is 1. The molecule has 2 saturated carbocycles. The molecule has 2 fully saturated rings.